The minimum absolute atomic E-state index is 0.00139. The predicted molar refractivity (Wildman–Crippen MR) is 69.9 cm³/mol. The van der Waals surface area contributed by atoms with E-state index in [-0.39, 0.29) is 5.69 Å². The van der Waals surface area contributed by atoms with Crippen LogP contribution >= 0.6 is 0 Å². The number of carbonyl (C=O) groups excluding carboxylic acids is 1. The molecule has 0 bridgehead atoms. The van der Waals surface area contributed by atoms with Crippen LogP contribution in [0.2, 0.25) is 0 Å². The topological polar surface area (TPSA) is 85.0 Å². The van der Waals surface area contributed by atoms with Crippen LogP contribution in [0.1, 0.15) is 15.9 Å². The summed E-state index contributed by atoms with van der Waals surface area (Å²) in [6, 6.07) is 3.43. The minimum atomic E-state index is -4.89. The highest BCUT2D eigenvalue weighted by Crippen LogP contribution is 2.31. The first-order valence-electron chi connectivity index (χ1n) is 6.14. The van der Waals surface area contributed by atoms with Crippen molar-refractivity contribution in [1.29, 1.82) is 0 Å². The number of amides is 1. The van der Waals surface area contributed by atoms with Gasteiger partial charge in [0.15, 0.2) is 5.82 Å². The van der Waals surface area contributed by atoms with Crippen LogP contribution in [0.5, 0.6) is 0 Å². The van der Waals surface area contributed by atoms with Crippen molar-refractivity contribution in [1.82, 2.24) is 15.2 Å². The zero-order valence-corrected chi connectivity index (χ0v) is 11.5. The zero-order chi connectivity index (χ0) is 18.1. The third-order valence-corrected chi connectivity index (χ3v) is 2.82. The van der Waals surface area contributed by atoms with E-state index in [0.717, 1.165) is 24.3 Å². The van der Waals surface area contributed by atoms with Crippen molar-refractivity contribution in [3.05, 3.63) is 41.6 Å². The third kappa shape index (κ3) is 3.76. The number of halogens is 6. The number of alkyl halides is 6. The Morgan fingerprint density at radius 2 is 1.67 bits per heavy atom. The number of hydrogen-bond acceptors (Lipinski definition) is 4. The van der Waals surface area contributed by atoms with Gasteiger partial charge in [0, 0.05) is 11.9 Å². The second kappa shape index (κ2) is 6.03. The van der Waals surface area contributed by atoms with Gasteiger partial charge in [0.1, 0.15) is 5.56 Å². The smallest absolute Gasteiger partial charge is 0.338 e. The molecular weight excluding hydrogens is 344 g/mol. The fourth-order valence-corrected chi connectivity index (χ4v) is 1.72. The van der Waals surface area contributed by atoms with E-state index in [9.17, 15) is 31.1 Å². The summed E-state index contributed by atoms with van der Waals surface area (Å²) in [5.74, 6) is 3.31. The highest BCUT2D eigenvalue weighted by atomic mass is 19.4. The maximum absolute atomic E-state index is 12.7. The molecule has 1 aromatic heterocycles. The molecule has 0 saturated heterocycles. The molecule has 1 amide bonds. The van der Waals surface area contributed by atoms with E-state index in [2.05, 4.69) is 10.4 Å². The molecule has 0 radical (unpaired) electrons. The molecule has 24 heavy (non-hydrogen) atoms. The number of nitrogen functional groups attached to an aromatic ring is 1. The number of anilines is 2. The first kappa shape index (κ1) is 17.6. The number of nitrogens with zero attached hydrogens (tertiary/aromatic N) is 2. The van der Waals surface area contributed by atoms with Crippen molar-refractivity contribution in [3.63, 3.8) is 0 Å². The molecule has 1 heterocycles. The normalized spacial score (nSPS) is 12.1. The summed E-state index contributed by atoms with van der Waals surface area (Å²) in [5.41, 5.74) is 0.185. The standard InChI is InChI=1S/C12H9F6N5O/c13-11(14,15)6-1-3-7(4-2-6)20-9-8(10(24)21-19)5-23(22-9)12(16,17)18/h1-5H,19H2,(H,20,22)(H,21,24). The molecule has 6 nitrogen and oxygen atoms in total. The Morgan fingerprint density at radius 1 is 1.08 bits per heavy atom. The number of rotatable bonds is 3. The first-order chi connectivity index (χ1) is 11.0. The quantitative estimate of drug-likeness (QED) is 0.343. The molecule has 2 rings (SSSR count). The van der Waals surface area contributed by atoms with E-state index in [1.54, 1.807) is 5.43 Å². The fourth-order valence-electron chi connectivity index (χ4n) is 1.72. The van der Waals surface area contributed by atoms with Gasteiger partial charge in [-0.25, -0.2) is 5.84 Å². The highest BCUT2D eigenvalue weighted by Gasteiger charge is 2.34. The van der Waals surface area contributed by atoms with Gasteiger partial charge in [-0.2, -0.15) is 17.9 Å². The van der Waals surface area contributed by atoms with Gasteiger partial charge in [-0.1, -0.05) is 0 Å². The Bertz CT molecular complexity index is 734. The largest absolute Gasteiger partial charge is 0.504 e. The lowest BCUT2D eigenvalue weighted by atomic mass is 10.2. The van der Waals surface area contributed by atoms with Crippen LogP contribution in [0.4, 0.5) is 37.8 Å². The summed E-state index contributed by atoms with van der Waals surface area (Å²) in [4.78, 5) is 11.5. The molecular formula is C12H9F6N5O. The molecule has 12 heteroatoms. The number of carbonyl (C=O) groups is 1. The first-order valence-corrected chi connectivity index (χ1v) is 6.14. The van der Waals surface area contributed by atoms with Crippen molar-refractivity contribution in [2.24, 2.45) is 5.84 Å². The summed E-state index contributed by atoms with van der Waals surface area (Å²) >= 11 is 0. The van der Waals surface area contributed by atoms with Gasteiger partial charge in [0.25, 0.3) is 5.91 Å². The Kier molecular flexibility index (Phi) is 4.42. The Labute approximate surface area is 130 Å². The molecule has 4 N–H and O–H groups in total. The van der Waals surface area contributed by atoms with Crippen molar-refractivity contribution >= 4 is 17.4 Å². The summed E-state index contributed by atoms with van der Waals surface area (Å²) in [7, 11) is 0. The second-order valence-electron chi connectivity index (χ2n) is 4.48. The summed E-state index contributed by atoms with van der Waals surface area (Å²) in [6.45, 7) is 0. The van der Waals surface area contributed by atoms with Crippen LogP contribution < -0.4 is 16.6 Å². The van der Waals surface area contributed by atoms with Gasteiger partial charge in [0.2, 0.25) is 0 Å². The SMILES string of the molecule is NNC(=O)c1cn(C(F)(F)F)nc1Nc1ccc(C(F)(F)F)cc1. The summed E-state index contributed by atoms with van der Waals surface area (Å²) < 4.78 is 74.9. The van der Waals surface area contributed by atoms with Gasteiger partial charge in [-0.15, -0.1) is 18.3 Å². The van der Waals surface area contributed by atoms with Gasteiger partial charge in [-0.05, 0) is 24.3 Å². The van der Waals surface area contributed by atoms with Crippen LogP contribution in [0.25, 0.3) is 0 Å². The third-order valence-electron chi connectivity index (χ3n) is 2.82. The number of benzene rings is 1. The van der Waals surface area contributed by atoms with E-state index < -0.39 is 40.0 Å². The lowest BCUT2D eigenvalue weighted by molar-refractivity contribution is -0.212. The lowest BCUT2D eigenvalue weighted by Crippen LogP contribution is -2.30. The summed E-state index contributed by atoms with van der Waals surface area (Å²) in [5, 5.41) is 5.50. The predicted octanol–water partition coefficient (Wildman–Crippen LogP) is 2.73. The van der Waals surface area contributed by atoms with Crippen molar-refractivity contribution < 1.29 is 31.1 Å². The lowest BCUT2D eigenvalue weighted by Gasteiger charge is -2.09. The average Bonchev–Trinajstić information content (AvgIpc) is 2.90. The molecule has 0 saturated carbocycles. The van der Waals surface area contributed by atoms with Crippen LogP contribution in [-0.2, 0) is 12.5 Å². The Morgan fingerprint density at radius 3 is 2.12 bits per heavy atom. The number of nitrogens with two attached hydrogens (primary N) is 1. The molecule has 2 aromatic rings. The van der Waals surface area contributed by atoms with Gasteiger partial charge in [0.05, 0.1) is 5.56 Å². The number of hydrogen-bond donors (Lipinski definition) is 3. The van der Waals surface area contributed by atoms with Crippen molar-refractivity contribution in [2.45, 2.75) is 12.5 Å². The number of nitrogens with one attached hydrogen (secondary N) is 2. The fraction of sp³-hybridized carbons (Fsp3) is 0.167. The van der Waals surface area contributed by atoms with Crippen LogP contribution in [0.3, 0.4) is 0 Å². The Balaban J connectivity index is 2.34. The van der Waals surface area contributed by atoms with Crippen LogP contribution in [-0.4, -0.2) is 15.7 Å². The highest BCUT2D eigenvalue weighted by molar-refractivity contribution is 5.98. The van der Waals surface area contributed by atoms with Crippen molar-refractivity contribution in [2.75, 3.05) is 5.32 Å². The molecule has 1 aromatic carbocycles. The van der Waals surface area contributed by atoms with E-state index in [1.165, 1.54) is 0 Å². The Hall–Kier alpha value is -2.76. The summed E-state index contributed by atoms with van der Waals surface area (Å²) in [6.07, 6.45) is -9.04. The van der Waals surface area contributed by atoms with E-state index in [1.807, 2.05) is 0 Å². The van der Waals surface area contributed by atoms with Crippen LogP contribution in [0, 0.1) is 0 Å². The van der Waals surface area contributed by atoms with Gasteiger partial charge >= 0.3 is 12.5 Å². The zero-order valence-electron chi connectivity index (χ0n) is 11.5. The number of hydrazine groups is 1. The van der Waals surface area contributed by atoms with Gasteiger partial charge in [-0.3, -0.25) is 10.2 Å². The molecule has 0 spiro atoms. The van der Waals surface area contributed by atoms with Crippen molar-refractivity contribution in [3.8, 4) is 0 Å². The second-order valence-corrected chi connectivity index (χ2v) is 4.48. The molecule has 0 aliphatic rings. The molecule has 0 fully saturated rings. The molecule has 0 aliphatic heterocycles. The molecule has 130 valence electrons. The molecule has 0 unspecified atom stereocenters. The molecule has 0 atom stereocenters. The molecule has 0 aliphatic carbocycles. The van der Waals surface area contributed by atoms with E-state index in [4.69, 9.17) is 5.84 Å². The monoisotopic (exact) mass is 353 g/mol. The number of aromatic nitrogens is 2. The average molecular weight is 353 g/mol. The maximum atomic E-state index is 12.7. The van der Waals surface area contributed by atoms with Gasteiger partial charge < -0.3 is 5.32 Å². The van der Waals surface area contributed by atoms with E-state index in [0.29, 0.717) is 6.20 Å². The maximum Gasteiger partial charge on any atom is 0.504 e. The van der Waals surface area contributed by atoms with E-state index >= 15 is 0 Å². The minimum Gasteiger partial charge on any atom is -0.338 e. The van der Waals surface area contributed by atoms with Crippen LogP contribution in [0.15, 0.2) is 30.5 Å².